The summed E-state index contributed by atoms with van der Waals surface area (Å²) in [6, 6.07) is 20.2. The molecule has 0 aliphatic rings. The summed E-state index contributed by atoms with van der Waals surface area (Å²) < 4.78 is 18.7. The quantitative estimate of drug-likeness (QED) is 0.369. The molecular formula is C29H30FN3O3. The van der Waals surface area contributed by atoms with Gasteiger partial charge in [0.2, 0.25) is 11.8 Å². The number of amides is 2. The summed E-state index contributed by atoms with van der Waals surface area (Å²) in [6.07, 6.45) is 0.140. The third-order valence-corrected chi connectivity index (χ3v) is 6.56. The third kappa shape index (κ3) is 5.25. The number of methoxy groups -OCH3 is 1. The Bertz CT molecular complexity index is 1360. The molecule has 4 rings (SSSR count). The van der Waals surface area contributed by atoms with E-state index < -0.39 is 6.04 Å². The number of anilines is 1. The lowest BCUT2D eigenvalue weighted by molar-refractivity contribution is -0.139. The Kier molecular flexibility index (Phi) is 7.38. The van der Waals surface area contributed by atoms with E-state index in [9.17, 15) is 14.0 Å². The van der Waals surface area contributed by atoms with Crippen LogP contribution in [0.1, 0.15) is 23.7 Å². The van der Waals surface area contributed by atoms with Gasteiger partial charge in [0, 0.05) is 35.9 Å². The Morgan fingerprint density at radius 1 is 1.00 bits per heavy atom. The number of fused-ring (bicyclic) bond motifs is 1. The standard InChI is InChI=1S/C29H30FN3O3/c1-19-26(25-7-5-6-8-27(25)31-19)17-28(34)33(18-21-9-11-22(30)12-10-21)20(2)29(35)32(3)23-13-15-24(36-4)16-14-23/h5-16,20,31H,17-18H2,1-4H3. The number of halogens is 1. The molecule has 0 aliphatic heterocycles. The lowest BCUT2D eigenvalue weighted by atomic mass is 10.1. The highest BCUT2D eigenvalue weighted by molar-refractivity contribution is 5.99. The second-order valence-electron chi connectivity index (χ2n) is 8.87. The molecule has 1 unspecified atom stereocenters. The summed E-state index contributed by atoms with van der Waals surface area (Å²) in [6.45, 7) is 3.86. The predicted molar refractivity (Wildman–Crippen MR) is 140 cm³/mol. The van der Waals surface area contributed by atoms with E-state index in [-0.39, 0.29) is 30.6 Å². The Balaban J connectivity index is 1.62. The van der Waals surface area contributed by atoms with E-state index in [0.717, 1.165) is 27.7 Å². The van der Waals surface area contributed by atoms with Gasteiger partial charge >= 0.3 is 0 Å². The van der Waals surface area contributed by atoms with Crippen LogP contribution in [0.4, 0.5) is 10.1 Å². The van der Waals surface area contributed by atoms with E-state index in [4.69, 9.17) is 4.74 Å². The van der Waals surface area contributed by atoms with Crippen molar-refractivity contribution in [3.63, 3.8) is 0 Å². The molecule has 186 valence electrons. The fourth-order valence-electron chi connectivity index (χ4n) is 4.39. The molecule has 0 radical (unpaired) electrons. The molecule has 1 N–H and O–H groups in total. The number of aromatic amines is 1. The number of nitrogens with zero attached hydrogens (tertiary/aromatic N) is 2. The van der Waals surface area contributed by atoms with E-state index in [1.165, 1.54) is 17.0 Å². The second kappa shape index (κ2) is 10.6. The van der Waals surface area contributed by atoms with Crippen molar-refractivity contribution >= 4 is 28.4 Å². The highest BCUT2D eigenvalue weighted by atomic mass is 19.1. The average molecular weight is 488 g/mol. The first-order valence-electron chi connectivity index (χ1n) is 11.8. The van der Waals surface area contributed by atoms with E-state index in [1.807, 2.05) is 31.2 Å². The first-order valence-corrected chi connectivity index (χ1v) is 11.8. The summed E-state index contributed by atoms with van der Waals surface area (Å²) >= 11 is 0. The third-order valence-electron chi connectivity index (χ3n) is 6.56. The van der Waals surface area contributed by atoms with Gasteiger partial charge in [-0.25, -0.2) is 4.39 Å². The molecule has 3 aromatic carbocycles. The maximum absolute atomic E-state index is 13.7. The van der Waals surface area contributed by atoms with Gasteiger partial charge < -0.3 is 19.5 Å². The second-order valence-corrected chi connectivity index (χ2v) is 8.87. The number of ether oxygens (including phenoxy) is 1. The SMILES string of the molecule is COc1ccc(N(C)C(=O)C(C)N(Cc2ccc(F)cc2)C(=O)Cc2c(C)[nH]c3ccccc23)cc1. The fourth-order valence-corrected chi connectivity index (χ4v) is 4.39. The number of aromatic nitrogens is 1. The van der Waals surface area contributed by atoms with Gasteiger partial charge in [-0.15, -0.1) is 0 Å². The largest absolute Gasteiger partial charge is 0.497 e. The highest BCUT2D eigenvalue weighted by Gasteiger charge is 2.29. The molecule has 36 heavy (non-hydrogen) atoms. The number of likely N-dealkylation sites (N-methyl/N-ethyl adjacent to an activating group) is 1. The Labute approximate surface area is 210 Å². The number of H-pyrrole nitrogens is 1. The van der Waals surface area contributed by atoms with Gasteiger partial charge in [0.1, 0.15) is 17.6 Å². The first kappa shape index (κ1) is 25.0. The number of carbonyl (C=O) groups excluding carboxylic acids is 2. The number of aryl methyl sites for hydroxylation is 1. The van der Waals surface area contributed by atoms with Crippen molar-refractivity contribution in [2.45, 2.75) is 32.9 Å². The van der Waals surface area contributed by atoms with Gasteiger partial charge in [-0.3, -0.25) is 9.59 Å². The Morgan fingerprint density at radius 3 is 2.33 bits per heavy atom. The van der Waals surface area contributed by atoms with Crippen LogP contribution in [-0.4, -0.2) is 41.9 Å². The van der Waals surface area contributed by atoms with Crippen molar-refractivity contribution in [2.75, 3.05) is 19.1 Å². The first-order chi connectivity index (χ1) is 17.3. The number of para-hydroxylation sites is 1. The minimum absolute atomic E-state index is 0.140. The number of nitrogens with one attached hydrogen (secondary N) is 1. The van der Waals surface area contributed by atoms with Crippen molar-refractivity contribution in [1.82, 2.24) is 9.88 Å². The van der Waals surface area contributed by atoms with Crippen LogP contribution in [0.3, 0.4) is 0 Å². The molecule has 4 aromatic rings. The summed E-state index contributed by atoms with van der Waals surface area (Å²) in [7, 11) is 3.27. The van der Waals surface area contributed by atoms with Crippen LogP contribution < -0.4 is 9.64 Å². The highest BCUT2D eigenvalue weighted by Crippen LogP contribution is 2.25. The van der Waals surface area contributed by atoms with Crippen LogP contribution >= 0.6 is 0 Å². The van der Waals surface area contributed by atoms with Crippen LogP contribution in [0.15, 0.2) is 72.8 Å². The molecule has 0 fully saturated rings. The average Bonchev–Trinajstić information content (AvgIpc) is 3.21. The van der Waals surface area contributed by atoms with E-state index in [0.29, 0.717) is 11.4 Å². The minimum atomic E-state index is -0.750. The van der Waals surface area contributed by atoms with Crippen LogP contribution in [0.5, 0.6) is 5.75 Å². The van der Waals surface area contributed by atoms with Crippen molar-refractivity contribution in [3.05, 3.63) is 95.4 Å². The van der Waals surface area contributed by atoms with Gasteiger partial charge in [0.15, 0.2) is 0 Å². The van der Waals surface area contributed by atoms with Gasteiger partial charge in [0.25, 0.3) is 0 Å². The molecule has 2 amide bonds. The van der Waals surface area contributed by atoms with E-state index in [2.05, 4.69) is 4.98 Å². The molecule has 7 heteroatoms. The van der Waals surface area contributed by atoms with Crippen LogP contribution in [0, 0.1) is 12.7 Å². The predicted octanol–water partition coefficient (Wildman–Crippen LogP) is 5.25. The normalized spacial score (nSPS) is 11.8. The molecule has 0 saturated heterocycles. The van der Waals surface area contributed by atoms with Gasteiger partial charge in [-0.05, 0) is 67.4 Å². The summed E-state index contributed by atoms with van der Waals surface area (Å²) in [4.78, 5) is 33.7. The molecule has 6 nitrogen and oxygen atoms in total. The molecule has 0 saturated carbocycles. The van der Waals surface area contributed by atoms with Crippen molar-refractivity contribution in [2.24, 2.45) is 0 Å². The summed E-state index contributed by atoms with van der Waals surface area (Å²) in [5, 5.41) is 0.986. The fraction of sp³-hybridized carbons (Fsp3) is 0.241. The maximum atomic E-state index is 13.7. The molecule has 0 bridgehead atoms. The lowest BCUT2D eigenvalue weighted by Gasteiger charge is -2.32. The molecular weight excluding hydrogens is 457 g/mol. The zero-order valence-electron chi connectivity index (χ0n) is 20.9. The topological polar surface area (TPSA) is 65.6 Å². The van der Waals surface area contributed by atoms with E-state index in [1.54, 1.807) is 62.4 Å². The number of carbonyl (C=O) groups is 2. The number of hydrogen-bond acceptors (Lipinski definition) is 3. The molecule has 0 aliphatic carbocycles. The number of rotatable bonds is 8. The zero-order valence-corrected chi connectivity index (χ0v) is 20.9. The monoisotopic (exact) mass is 487 g/mol. The van der Waals surface area contributed by atoms with Crippen LogP contribution in [0.2, 0.25) is 0 Å². The van der Waals surface area contributed by atoms with Gasteiger partial charge in [0.05, 0.1) is 13.5 Å². The Morgan fingerprint density at radius 2 is 1.67 bits per heavy atom. The molecule has 0 spiro atoms. The number of hydrogen-bond donors (Lipinski definition) is 1. The van der Waals surface area contributed by atoms with Gasteiger partial charge in [-0.1, -0.05) is 30.3 Å². The van der Waals surface area contributed by atoms with E-state index >= 15 is 0 Å². The van der Waals surface area contributed by atoms with Crippen molar-refractivity contribution < 1.29 is 18.7 Å². The number of benzene rings is 3. The summed E-state index contributed by atoms with van der Waals surface area (Å²) in [5.74, 6) is -0.0771. The van der Waals surface area contributed by atoms with Gasteiger partial charge in [-0.2, -0.15) is 0 Å². The maximum Gasteiger partial charge on any atom is 0.249 e. The smallest absolute Gasteiger partial charge is 0.249 e. The van der Waals surface area contributed by atoms with Crippen molar-refractivity contribution in [1.29, 1.82) is 0 Å². The Hall–Kier alpha value is -4.13. The molecule has 1 aromatic heterocycles. The van der Waals surface area contributed by atoms with Crippen LogP contribution in [-0.2, 0) is 22.6 Å². The molecule has 1 heterocycles. The van der Waals surface area contributed by atoms with Crippen molar-refractivity contribution in [3.8, 4) is 5.75 Å². The summed E-state index contributed by atoms with van der Waals surface area (Å²) in [5.41, 5.74) is 4.22. The lowest BCUT2D eigenvalue weighted by Crippen LogP contribution is -2.48. The molecule has 1 atom stereocenters. The van der Waals surface area contributed by atoms with Crippen LogP contribution in [0.25, 0.3) is 10.9 Å². The zero-order chi connectivity index (χ0) is 25.8. The minimum Gasteiger partial charge on any atom is -0.497 e.